The Hall–Kier alpha value is -1.53. The predicted octanol–water partition coefficient (Wildman–Crippen LogP) is 2.11. The molecule has 1 saturated carbocycles. The zero-order valence-electron chi connectivity index (χ0n) is 8.60. The van der Waals surface area contributed by atoms with Gasteiger partial charge in [-0.15, -0.1) is 0 Å². The summed E-state index contributed by atoms with van der Waals surface area (Å²) in [6.07, 6.45) is -2.58. The monoisotopic (exact) mass is 232 g/mol. The summed E-state index contributed by atoms with van der Waals surface area (Å²) >= 11 is 0. The summed E-state index contributed by atoms with van der Waals surface area (Å²) in [6, 6.07) is 1.72. The highest BCUT2D eigenvalue weighted by atomic mass is 19.4. The van der Waals surface area contributed by atoms with Crippen LogP contribution in [0.5, 0.6) is 0 Å². The van der Waals surface area contributed by atoms with Gasteiger partial charge in [-0.25, -0.2) is 9.97 Å². The van der Waals surface area contributed by atoms with Crippen LogP contribution in [0.15, 0.2) is 6.07 Å². The third-order valence-corrected chi connectivity index (χ3v) is 2.17. The molecule has 1 aromatic heterocycles. The number of hydrogen-bond acceptors (Lipinski definition) is 4. The van der Waals surface area contributed by atoms with Crippen LogP contribution in [0, 0.1) is 0 Å². The van der Waals surface area contributed by atoms with Gasteiger partial charge in [0.1, 0.15) is 11.6 Å². The predicted molar refractivity (Wildman–Crippen MR) is 53.2 cm³/mol. The van der Waals surface area contributed by atoms with Crippen molar-refractivity contribution in [3.63, 3.8) is 0 Å². The summed E-state index contributed by atoms with van der Waals surface area (Å²) in [6.45, 7) is 0. The number of hydrogen-bond donors (Lipinski definition) is 2. The fourth-order valence-corrected chi connectivity index (χ4v) is 1.21. The maximum atomic E-state index is 12.5. The summed E-state index contributed by atoms with van der Waals surface area (Å²) < 4.78 is 37.4. The lowest BCUT2D eigenvalue weighted by Gasteiger charge is -2.10. The number of aromatic nitrogens is 2. The van der Waals surface area contributed by atoms with E-state index in [2.05, 4.69) is 20.6 Å². The molecule has 0 unspecified atom stereocenters. The van der Waals surface area contributed by atoms with Gasteiger partial charge in [0.2, 0.25) is 5.82 Å². The number of nitrogens with zero attached hydrogens (tertiary/aromatic N) is 2. The van der Waals surface area contributed by atoms with Crippen molar-refractivity contribution in [2.45, 2.75) is 25.1 Å². The average molecular weight is 232 g/mol. The van der Waals surface area contributed by atoms with E-state index in [4.69, 9.17) is 0 Å². The zero-order valence-corrected chi connectivity index (χ0v) is 8.60. The summed E-state index contributed by atoms with van der Waals surface area (Å²) in [4.78, 5) is 6.81. The second kappa shape index (κ2) is 3.80. The molecule has 0 aromatic carbocycles. The van der Waals surface area contributed by atoms with E-state index in [0.29, 0.717) is 0 Å². The molecule has 2 N–H and O–H groups in total. The van der Waals surface area contributed by atoms with E-state index in [-0.39, 0.29) is 17.7 Å². The molecule has 7 heteroatoms. The van der Waals surface area contributed by atoms with E-state index in [1.54, 1.807) is 0 Å². The van der Waals surface area contributed by atoms with Crippen LogP contribution < -0.4 is 10.6 Å². The molecule has 0 aliphatic heterocycles. The molecule has 2 rings (SSSR count). The lowest BCUT2D eigenvalue weighted by Crippen LogP contribution is -2.15. The number of rotatable bonds is 3. The highest BCUT2D eigenvalue weighted by molar-refractivity contribution is 5.48. The Kier molecular flexibility index (Phi) is 2.61. The first-order valence-electron chi connectivity index (χ1n) is 4.89. The first-order chi connectivity index (χ1) is 7.49. The van der Waals surface area contributed by atoms with E-state index in [0.717, 1.165) is 12.8 Å². The highest BCUT2D eigenvalue weighted by Crippen LogP contribution is 2.30. The Morgan fingerprint density at radius 3 is 2.38 bits per heavy atom. The quantitative estimate of drug-likeness (QED) is 0.838. The Labute approximate surface area is 90.3 Å². The molecule has 0 saturated heterocycles. The van der Waals surface area contributed by atoms with Crippen LogP contribution in [-0.2, 0) is 6.18 Å². The standard InChI is InChI=1S/C9H11F3N4/c1-13-6-4-7(14-5-2-3-5)16-8(15-6)9(10,11)12/h4-5H,2-3H2,1H3,(H2,13,14,15,16). The van der Waals surface area contributed by atoms with Crippen LogP contribution in [0.4, 0.5) is 24.8 Å². The van der Waals surface area contributed by atoms with Gasteiger partial charge in [-0.2, -0.15) is 13.2 Å². The minimum Gasteiger partial charge on any atom is -0.373 e. The van der Waals surface area contributed by atoms with Gasteiger partial charge >= 0.3 is 6.18 Å². The van der Waals surface area contributed by atoms with E-state index >= 15 is 0 Å². The molecule has 0 bridgehead atoms. The highest BCUT2D eigenvalue weighted by Gasteiger charge is 2.35. The molecule has 1 aromatic rings. The Morgan fingerprint density at radius 1 is 1.25 bits per heavy atom. The maximum Gasteiger partial charge on any atom is 0.451 e. The second-order valence-corrected chi connectivity index (χ2v) is 3.63. The van der Waals surface area contributed by atoms with Crippen molar-refractivity contribution < 1.29 is 13.2 Å². The number of halogens is 3. The molecule has 0 amide bonds. The molecule has 1 fully saturated rings. The Balaban J connectivity index is 2.29. The van der Waals surface area contributed by atoms with Crippen LogP contribution >= 0.6 is 0 Å². The fourth-order valence-electron chi connectivity index (χ4n) is 1.21. The summed E-state index contributed by atoms with van der Waals surface area (Å²) in [5, 5.41) is 5.49. The molecule has 1 heterocycles. The molecule has 4 nitrogen and oxygen atoms in total. The van der Waals surface area contributed by atoms with Crippen LogP contribution in [0.25, 0.3) is 0 Å². The molecule has 0 atom stereocenters. The van der Waals surface area contributed by atoms with Crippen LogP contribution in [0.2, 0.25) is 0 Å². The van der Waals surface area contributed by atoms with Gasteiger partial charge in [-0.05, 0) is 12.8 Å². The van der Waals surface area contributed by atoms with Crippen molar-refractivity contribution in [2.24, 2.45) is 0 Å². The van der Waals surface area contributed by atoms with Gasteiger partial charge in [-0.1, -0.05) is 0 Å². The van der Waals surface area contributed by atoms with Crippen molar-refractivity contribution in [1.82, 2.24) is 9.97 Å². The van der Waals surface area contributed by atoms with Gasteiger partial charge in [-0.3, -0.25) is 0 Å². The molecule has 16 heavy (non-hydrogen) atoms. The minimum atomic E-state index is -4.52. The SMILES string of the molecule is CNc1cc(NC2CC2)nc(C(F)(F)F)n1. The lowest BCUT2D eigenvalue weighted by atomic mass is 10.4. The largest absolute Gasteiger partial charge is 0.451 e. The van der Waals surface area contributed by atoms with Crippen LogP contribution in [0.1, 0.15) is 18.7 Å². The molecule has 0 spiro atoms. The van der Waals surface area contributed by atoms with Crippen LogP contribution in [0.3, 0.4) is 0 Å². The average Bonchev–Trinajstić information content (AvgIpc) is 3.00. The molecule has 1 aliphatic carbocycles. The van der Waals surface area contributed by atoms with Crippen molar-refractivity contribution >= 4 is 11.6 Å². The smallest absolute Gasteiger partial charge is 0.373 e. The molecular weight excluding hydrogens is 221 g/mol. The van der Waals surface area contributed by atoms with Crippen molar-refractivity contribution in [1.29, 1.82) is 0 Å². The topological polar surface area (TPSA) is 49.8 Å². The van der Waals surface area contributed by atoms with Crippen molar-refractivity contribution in [3.8, 4) is 0 Å². The molecule has 1 aliphatic rings. The number of alkyl halides is 3. The zero-order chi connectivity index (χ0) is 11.8. The Bertz CT molecular complexity index is 387. The van der Waals surface area contributed by atoms with Gasteiger partial charge in [0.05, 0.1) is 0 Å². The first kappa shape index (κ1) is 11.0. The van der Waals surface area contributed by atoms with E-state index in [1.165, 1.54) is 13.1 Å². The second-order valence-electron chi connectivity index (χ2n) is 3.63. The van der Waals surface area contributed by atoms with E-state index in [1.807, 2.05) is 0 Å². The summed E-state index contributed by atoms with van der Waals surface area (Å²) in [5.41, 5.74) is 0. The first-order valence-corrected chi connectivity index (χ1v) is 4.89. The third kappa shape index (κ3) is 2.53. The van der Waals surface area contributed by atoms with Gasteiger partial charge < -0.3 is 10.6 Å². The van der Waals surface area contributed by atoms with Gasteiger partial charge in [0.25, 0.3) is 0 Å². The minimum absolute atomic E-state index is 0.158. The van der Waals surface area contributed by atoms with E-state index in [9.17, 15) is 13.2 Å². The van der Waals surface area contributed by atoms with Gasteiger partial charge in [0.15, 0.2) is 0 Å². The number of nitrogens with one attached hydrogen (secondary N) is 2. The maximum absolute atomic E-state index is 12.5. The third-order valence-electron chi connectivity index (χ3n) is 2.17. The summed E-state index contributed by atoms with van der Waals surface area (Å²) in [5.74, 6) is -0.748. The van der Waals surface area contributed by atoms with Crippen LogP contribution in [-0.4, -0.2) is 23.1 Å². The van der Waals surface area contributed by atoms with Gasteiger partial charge in [0, 0.05) is 19.2 Å². The Morgan fingerprint density at radius 2 is 1.88 bits per heavy atom. The van der Waals surface area contributed by atoms with Crippen molar-refractivity contribution in [3.05, 3.63) is 11.9 Å². The van der Waals surface area contributed by atoms with E-state index < -0.39 is 12.0 Å². The van der Waals surface area contributed by atoms with Crippen molar-refractivity contribution in [2.75, 3.05) is 17.7 Å². The summed E-state index contributed by atoms with van der Waals surface area (Å²) in [7, 11) is 1.52. The number of anilines is 2. The molecular formula is C9H11F3N4. The normalized spacial score (nSPS) is 16.0. The molecule has 88 valence electrons. The molecule has 0 radical (unpaired) electrons. The lowest BCUT2D eigenvalue weighted by molar-refractivity contribution is -0.144. The fraction of sp³-hybridized carbons (Fsp3) is 0.556.